The lowest BCUT2D eigenvalue weighted by atomic mass is 9.85. The largest absolute Gasteiger partial charge is 0.496 e. The summed E-state index contributed by atoms with van der Waals surface area (Å²) in [7, 11) is 1.23. The van der Waals surface area contributed by atoms with Gasteiger partial charge >= 0.3 is 0 Å². The molecular weight excluding hydrogens is 269 g/mol. The third-order valence-electron chi connectivity index (χ3n) is 3.11. The average Bonchev–Trinajstić information content (AvgIpc) is 2.46. The maximum absolute atomic E-state index is 14.0. The summed E-state index contributed by atoms with van der Waals surface area (Å²) < 4.78 is 45.9. The summed E-state index contributed by atoms with van der Waals surface area (Å²) in [4.78, 5) is 0. The topological polar surface area (TPSA) is 29.5 Å². The van der Waals surface area contributed by atoms with Crippen molar-refractivity contribution in [2.75, 3.05) is 7.11 Å². The van der Waals surface area contributed by atoms with Gasteiger partial charge in [-0.3, -0.25) is 0 Å². The number of alkyl halides is 2. The predicted molar refractivity (Wildman–Crippen MR) is 68.4 cm³/mol. The van der Waals surface area contributed by atoms with E-state index >= 15 is 0 Å². The van der Waals surface area contributed by atoms with Crippen LogP contribution in [0.25, 0.3) is 0 Å². The minimum atomic E-state index is -3.21. The van der Waals surface area contributed by atoms with E-state index in [1.165, 1.54) is 43.5 Å². The standard InChI is InChI=1S/C15H13F3O2/c1-20-12-9-5-8-11(16)13(12)15(19,14(17)18)10-6-3-2-4-7-10/h2-9,14,19H,1H3. The molecule has 0 amide bonds. The van der Waals surface area contributed by atoms with Gasteiger partial charge in [0, 0.05) is 0 Å². The Bertz CT molecular complexity index is 587. The maximum atomic E-state index is 14.0. The van der Waals surface area contributed by atoms with Crippen molar-refractivity contribution >= 4 is 0 Å². The van der Waals surface area contributed by atoms with E-state index in [0.29, 0.717) is 0 Å². The number of aliphatic hydroxyl groups is 1. The Labute approximate surface area is 114 Å². The number of hydrogen-bond donors (Lipinski definition) is 1. The molecule has 0 aliphatic rings. The van der Waals surface area contributed by atoms with Crippen LogP contribution in [-0.4, -0.2) is 18.6 Å². The molecule has 106 valence electrons. The van der Waals surface area contributed by atoms with Crippen LogP contribution in [-0.2, 0) is 5.60 Å². The molecule has 0 heterocycles. The van der Waals surface area contributed by atoms with Crippen molar-refractivity contribution in [2.45, 2.75) is 12.0 Å². The maximum Gasteiger partial charge on any atom is 0.275 e. The molecule has 2 aromatic rings. The Morgan fingerprint density at radius 3 is 2.25 bits per heavy atom. The van der Waals surface area contributed by atoms with E-state index in [1.807, 2.05) is 0 Å². The number of rotatable bonds is 4. The minimum absolute atomic E-state index is 0.0987. The number of ether oxygens (including phenoxy) is 1. The van der Waals surface area contributed by atoms with Crippen molar-refractivity contribution in [2.24, 2.45) is 0 Å². The molecule has 0 radical (unpaired) electrons. The molecule has 0 aliphatic carbocycles. The number of methoxy groups -OCH3 is 1. The van der Waals surface area contributed by atoms with E-state index in [-0.39, 0.29) is 11.3 Å². The average molecular weight is 282 g/mol. The molecule has 5 heteroatoms. The van der Waals surface area contributed by atoms with Gasteiger partial charge < -0.3 is 9.84 Å². The zero-order valence-electron chi connectivity index (χ0n) is 10.7. The Kier molecular flexibility index (Phi) is 3.99. The number of benzene rings is 2. The second kappa shape index (κ2) is 5.54. The van der Waals surface area contributed by atoms with Crippen LogP contribution in [0.5, 0.6) is 5.75 Å². The lowest BCUT2D eigenvalue weighted by Gasteiger charge is -2.30. The first kappa shape index (κ1) is 14.4. The van der Waals surface area contributed by atoms with E-state index in [4.69, 9.17) is 4.74 Å². The van der Waals surface area contributed by atoms with Crippen LogP contribution < -0.4 is 4.74 Å². The van der Waals surface area contributed by atoms with Gasteiger partial charge in [-0.1, -0.05) is 36.4 Å². The summed E-state index contributed by atoms with van der Waals surface area (Å²) in [5, 5.41) is 10.5. The molecule has 2 aromatic carbocycles. The van der Waals surface area contributed by atoms with E-state index in [0.717, 1.165) is 6.07 Å². The van der Waals surface area contributed by atoms with Crippen LogP contribution in [0.1, 0.15) is 11.1 Å². The molecule has 2 nitrogen and oxygen atoms in total. The zero-order valence-corrected chi connectivity index (χ0v) is 10.7. The van der Waals surface area contributed by atoms with Crippen LogP contribution in [0, 0.1) is 5.82 Å². The molecule has 20 heavy (non-hydrogen) atoms. The molecule has 0 saturated carbocycles. The van der Waals surface area contributed by atoms with Crippen molar-refractivity contribution < 1.29 is 23.0 Å². The fraction of sp³-hybridized carbons (Fsp3) is 0.200. The first-order valence-corrected chi connectivity index (χ1v) is 5.90. The van der Waals surface area contributed by atoms with Crippen molar-refractivity contribution in [1.29, 1.82) is 0 Å². The molecule has 0 fully saturated rings. The molecule has 1 atom stereocenters. The van der Waals surface area contributed by atoms with Gasteiger partial charge in [-0.15, -0.1) is 0 Å². The highest BCUT2D eigenvalue weighted by atomic mass is 19.3. The third-order valence-corrected chi connectivity index (χ3v) is 3.11. The molecule has 0 aliphatic heterocycles. The molecule has 1 unspecified atom stereocenters. The Morgan fingerprint density at radius 2 is 1.70 bits per heavy atom. The van der Waals surface area contributed by atoms with E-state index in [1.54, 1.807) is 6.07 Å². The van der Waals surface area contributed by atoms with Crippen LogP contribution in [0.15, 0.2) is 48.5 Å². The van der Waals surface area contributed by atoms with Gasteiger partial charge in [-0.05, 0) is 17.7 Å². The fourth-order valence-corrected chi connectivity index (χ4v) is 2.12. The smallest absolute Gasteiger partial charge is 0.275 e. The molecule has 0 bridgehead atoms. The van der Waals surface area contributed by atoms with Gasteiger partial charge in [0.15, 0.2) is 5.60 Å². The van der Waals surface area contributed by atoms with Crippen LogP contribution in [0.3, 0.4) is 0 Å². The van der Waals surface area contributed by atoms with Crippen molar-refractivity contribution in [3.63, 3.8) is 0 Å². The van der Waals surface area contributed by atoms with E-state index in [2.05, 4.69) is 0 Å². The van der Waals surface area contributed by atoms with Gasteiger partial charge in [0.25, 0.3) is 6.43 Å². The van der Waals surface area contributed by atoms with Gasteiger partial charge in [0.1, 0.15) is 11.6 Å². The summed E-state index contributed by atoms with van der Waals surface area (Å²) >= 11 is 0. The Morgan fingerprint density at radius 1 is 1.05 bits per heavy atom. The summed E-state index contributed by atoms with van der Waals surface area (Å²) in [6.07, 6.45) is -3.21. The molecule has 0 saturated heterocycles. The van der Waals surface area contributed by atoms with Gasteiger partial charge in [-0.2, -0.15) is 0 Å². The highest BCUT2D eigenvalue weighted by Gasteiger charge is 2.45. The molecule has 0 spiro atoms. The summed E-state index contributed by atoms with van der Waals surface area (Å²) in [6, 6.07) is 10.9. The van der Waals surface area contributed by atoms with E-state index in [9.17, 15) is 18.3 Å². The minimum Gasteiger partial charge on any atom is -0.496 e. The Hall–Kier alpha value is -2.01. The predicted octanol–water partition coefficient (Wildman–Crippen LogP) is 3.34. The summed E-state index contributed by atoms with van der Waals surface area (Å²) in [5.41, 5.74) is -3.43. The number of hydrogen-bond acceptors (Lipinski definition) is 2. The van der Waals surface area contributed by atoms with Gasteiger partial charge in [0.2, 0.25) is 0 Å². The lowest BCUT2D eigenvalue weighted by Crippen LogP contribution is -2.37. The van der Waals surface area contributed by atoms with Gasteiger partial charge in [-0.25, -0.2) is 13.2 Å². The highest BCUT2D eigenvalue weighted by molar-refractivity contribution is 5.46. The van der Waals surface area contributed by atoms with Crippen LogP contribution in [0.2, 0.25) is 0 Å². The molecule has 0 aromatic heterocycles. The lowest BCUT2D eigenvalue weighted by molar-refractivity contribution is -0.0749. The second-order valence-corrected chi connectivity index (χ2v) is 4.25. The van der Waals surface area contributed by atoms with E-state index < -0.39 is 23.4 Å². The zero-order chi connectivity index (χ0) is 14.8. The molecule has 1 N–H and O–H groups in total. The fourth-order valence-electron chi connectivity index (χ4n) is 2.12. The SMILES string of the molecule is COc1cccc(F)c1C(O)(c1ccccc1)C(F)F. The quantitative estimate of drug-likeness (QED) is 0.932. The summed E-state index contributed by atoms with van der Waals surface area (Å²) in [6.45, 7) is 0. The first-order valence-electron chi connectivity index (χ1n) is 5.90. The van der Waals surface area contributed by atoms with Crippen LogP contribution >= 0.6 is 0 Å². The Balaban J connectivity index is 2.73. The summed E-state index contributed by atoms with van der Waals surface area (Å²) in [5.74, 6) is -1.08. The van der Waals surface area contributed by atoms with Crippen molar-refractivity contribution in [3.8, 4) is 5.75 Å². The number of halogens is 3. The third kappa shape index (κ3) is 2.25. The van der Waals surface area contributed by atoms with Crippen molar-refractivity contribution in [1.82, 2.24) is 0 Å². The first-order chi connectivity index (χ1) is 9.51. The highest BCUT2D eigenvalue weighted by Crippen LogP contribution is 2.41. The van der Waals surface area contributed by atoms with Crippen LogP contribution in [0.4, 0.5) is 13.2 Å². The monoisotopic (exact) mass is 282 g/mol. The molecular formula is C15H13F3O2. The normalized spacial score (nSPS) is 14.1. The van der Waals surface area contributed by atoms with Gasteiger partial charge in [0.05, 0.1) is 12.7 Å². The van der Waals surface area contributed by atoms with Crippen molar-refractivity contribution in [3.05, 3.63) is 65.5 Å². The second-order valence-electron chi connectivity index (χ2n) is 4.25. The molecule has 2 rings (SSSR count).